The number of amides is 2. The third kappa shape index (κ3) is 2.78. The standard InChI is InChI=1S/C13H17N3O3/c1-9(17)15-4-6-16(7-5-15)13(19)10-2-3-12(18)11(14)8-10/h2-3,8,18H,4-7,14H2,1H3. The number of benzene rings is 1. The van der Waals surface area contributed by atoms with E-state index >= 15 is 0 Å². The Balaban J connectivity index is 2.05. The molecular weight excluding hydrogens is 246 g/mol. The Bertz CT molecular complexity index is 508. The molecule has 0 aromatic heterocycles. The van der Waals surface area contributed by atoms with E-state index in [0.29, 0.717) is 31.7 Å². The first-order valence-corrected chi connectivity index (χ1v) is 6.12. The van der Waals surface area contributed by atoms with Crippen LogP contribution in [-0.2, 0) is 4.79 Å². The van der Waals surface area contributed by atoms with Gasteiger partial charge in [0.15, 0.2) is 0 Å². The molecule has 102 valence electrons. The molecule has 0 aliphatic carbocycles. The van der Waals surface area contributed by atoms with E-state index in [9.17, 15) is 14.7 Å². The number of nitrogens with zero attached hydrogens (tertiary/aromatic N) is 2. The molecule has 0 radical (unpaired) electrons. The molecule has 1 aliphatic heterocycles. The van der Waals surface area contributed by atoms with Crippen molar-refractivity contribution in [1.82, 2.24) is 9.80 Å². The number of nitrogens with two attached hydrogens (primary N) is 1. The highest BCUT2D eigenvalue weighted by Crippen LogP contribution is 2.21. The van der Waals surface area contributed by atoms with Gasteiger partial charge in [-0.3, -0.25) is 9.59 Å². The molecule has 1 saturated heterocycles. The van der Waals surface area contributed by atoms with Gasteiger partial charge in [-0.25, -0.2) is 0 Å². The lowest BCUT2D eigenvalue weighted by Gasteiger charge is -2.34. The molecule has 0 bridgehead atoms. The van der Waals surface area contributed by atoms with E-state index in [1.54, 1.807) is 15.9 Å². The van der Waals surface area contributed by atoms with Gasteiger partial charge in [0.1, 0.15) is 5.75 Å². The highest BCUT2D eigenvalue weighted by molar-refractivity contribution is 5.95. The van der Waals surface area contributed by atoms with Crippen LogP contribution < -0.4 is 5.73 Å². The van der Waals surface area contributed by atoms with Crippen LogP contribution in [-0.4, -0.2) is 52.9 Å². The van der Waals surface area contributed by atoms with Crippen LogP contribution in [0.2, 0.25) is 0 Å². The average Bonchev–Trinajstić information content (AvgIpc) is 2.41. The van der Waals surface area contributed by atoms with E-state index < -0.39 is 0 Å². The van der Waals surface area contributed by atoms with Crippen molar-refractivity contribution in [2.24, 2.45) is 0 Å². The van der Waals surface area contributed by atoms with Gasteiger partial charge >= 0.3 is 0 Å². The molecule has 0 atom stereocenters. The zero-order valence-corrected chi connectivity index (χ0v) is 10.8. The van der Waals surface area contributed by atoms with Crippen molar-refractivity contribution in [2.45, 2.75) is 6.92 Å². The first-order chi connectivity index (χ1) is 8.99. The van der Waals surface area contributed by atoms with Gasteiger partial charge in [-0.2, -0.15) is 0 Å². The topological polar surface area (TPSA) is 86.9 Å². The number of anilines is 1. The summed E-state index contributed by atoms with van der Waals surface area (Å²) >= 11 is 0. The maximum absolute atomic E-state index is 12.2. The largest absolute Gasteiger partial charge is 0.506 e. The lowest BCUT2D eigenvalue weighted by atomic mass is 10.1. The molecule has 0 spiro atoms. The molecule has 2 rings (SSSR count). The third-order valence-electron chi connectivity index (χ3n) is 3.29. The minimum Gasteiger partial charge on any atom is -0.506 e. The second-order valence-corrected chi connectivity index (χ2v) is 4.57. The van der Waals surface area contributed by atoms with Gasteiger partial charge in [-0.05, 0) is 18.2 Å². The summed E-state index contributed by atoms with van der Waals surface area (Å²) in [4.78, 5) is 26.8. The number of hydrogen-bond acceptors (Lipinski definition) is 4. The summed E-state index contributed by atoms with van der Waals surface area (Å²) in [5, 5.41) is 9.34. The SMILES string of the molecule is CC(=O)N1CCN(C(=O)c2ccc(O)c(N)c2)CC1. The molecule has 1 aliphatic rings. The van der Waals surface area contributed by atoms with E-state index in [1.165, 1.54) is 19.1 Å². The zero-order chi connectivity index (χ0) is 14.0. The molecule has 0 unspecified atom stereocenters. The number of carbonyl (C=O) groups excluding carboxylic acids is 2. The fourth-order valence-corrected chi connectivity index (χ4v) is 2.09. The number of hydrogen-bond donors (Lipinski definition) is 2. The molecule has 1 heterocycles. The Morgan fingerprint density at radius 2 is 1.74 bits per heavy atom. The molecule has 6 nitrogen and oxygen atoms in total. The normalized spacial score (nSPS) is 15.4. The van der Waals surface area contributed by atoms with Crippen molar-refractivity contribution in [3.8, 4) is 5.75 Å². The molecular formula is C13H17N3O3. The van der Waals surface area contributed by atoms with Gasteiger partial charge in [0.2, 0.25) is 5.91 Å². The van der Waals surface area contributed by atoms with E-state index in [0.717, 1.165) is 0 Å². The van der Waals surface area contributed by atoms with Gasteiger partial charge in [0.25, 0.3) is 5.91 Å². The Morgan fingerprint density at radius 3 is 2.26 bits per heavy atom. The lowest BCUT2D eigenvalue weighted by Crippen LogP contribution is -2.50. The molecule has 1 fully saturated rings. The van der Waals surface area contributed by atoms with Crippen molar-refractivity contribution in [3.63, 3.8) is 0 Å². The van der Waals surface area contributed by atoms with Crippen LogP contribution in [0.15, 0.2) is 18.2 Å². The quantitative estimate of drug-likeness (QED) is 0.563. The number of nitrogen functional groups attached to an aromatic ring is 1. The predicted octanol–water partition coefficient (Wildman–Crippen LogP) is 0.279. The fraction of sp³-hybridized carbons (Fsp3) is 0.385. The maximum Gasteiger partial charge on any atom is 0.254 e. The Morgan fingerprint density at radius 1 is 1.16 bits per heavy atom. The summed E-state index contributed by atoms with van der Waals surface area (Å²) in [5.74, 6) is -0.131. The summed E-state index contributed by atoms with van der Waals surface area (Å²) in [6.07, 6.45) is 0. The Hall–Kier alpha value is -2.24. The molecule has 1 aromatic rings. The molecule has 6 heteroatoms. The molecule has 19 heavy (non-hydrogen) atoms. The van der Waals surface area contributed by atoms with E-state index in [4.69, 9.17) is 5.73 Å². The summed E-state index contributed by atoms with van der Waals surface area (Å²) < 4.78 is 0. The maximum atomic E-state index is 12.2. The second-order valence-electron chi connectivity index (χ2n) is 4.57. The number of rotatable bonds is 1. The predicted molar refractivity (Wildman–Crippen MR) is 70.7 cm³/mol. The van der Waals surface area contributed by atoms with Crippen LogP contribution in [0.3, 0.4) is 0 Å². The van der Waals surface area contributed by atoms with Crippen molar-refractivity contribution in [2.75, 3.05) is 31.9 Å². The summed E-state index contributed by atoms with van der Waals surface area (Å²) in [6.45, 7) is 3.65. The number of carbonyl (C=O) groups is 2. The average molecular weight is 263 g/mol. The van der Waals surface area contributed by atoms with Crippen molar-refractivity contribution in [1.29, 1.82) is 0 Å². The molecule has 2 amide bonds. The summed E-state index contributed by atoms with van der Waals surface area (Å²) in [7, 11) is 0. The molecule has 3 N–H and O–H groups in total. The highest BCUT2D eigenvalue weighted by atomic mass is 16.3. The lowest BCUT2D eigenvalue weighted by molar-refractivity contribution is -0.130. The number of piperazine rings is 1. The van der Waals surface area contributed by atoms with E-state index in [1.807, 2.05) is 0 Å². The monoisotopic (exact) mass is 263 g/mol. The van der Waals surface area contributed by atoms with Gasteiger partial charge in [-0.15, -0.1) is 0 Å². The Kier molecular flexibility index (Phi) is 3.59. The first-order valence-electron chi connectivity index (χ1n) is 6.12. The van der Waals surface area contributed by atoms with Crippen molar-refractivity contribution < 1.29 is 14.7 Å². The smallest absolute Gasteiger partial charge is 0.254 e. The minimum atomic E-state index is -0.130. The number of phenols is 1. The number of phenolic OH excluding ortho intramolecular Hbond substituents is 1. The van der Waals surface area contributed by atoms with E-state index in [2.05, 4.69) is 0 Å². The minimum absolute atomic E-state index is 0.0287. The van der Waals surface area contributed by atoms with Crippen LogP contribution in [0.5, 0.6) is 5.75 Å². The van der Waals surface area contributed by atoms with Crippen molar-refractivity contribution in [3.05, 3.63) is 23.8 Å². The first kappa shape index (κ1) is 13.2. The fourth-order valence-electron chi connectivity index (χ4n) is 2.09. The van der Waals surface area contributed by atoms with Crippen LogP contribution in [0.1, 0.15) is 17.3 Å². The molecule has 1 aromatic carbocycles. The van der Waals surface area contributed by atoms with Gasteiger partial charge in [-0.1, -0.05) is 0 Å². The third-order valence-corrected chi connectivity index (χ3v) is 3.29. The van der Waals surface area contributed by atoms with Crippen LogP contribution in [0, 0.1) is 0 Å². The van der Waals surface area contributed by atoms with Crippen LogP contribution in [0.25, 0.3) is 0 Å². The summed E-state index contributed by atoms with van der Waals surface area (Å²) in [5.41, 5.74) is 6.21. The van der Waals surface area contributed by atoms with Gasteiger partial charge in [0, 0.05) is 38.7 Å². The van der Waals surface area contributed by atoms with Gasteiger partial charge in [0.05, 0.1) is 5.69 Å². The summed E-state index contributed by atoms with van der Waals surface area (Å²) in [6, 6.07) is 4.43. The van der Waals surface area contributed by atoms with Crippen molar-refractivity contribution >= 4 is 17.5 Å². The zero-order valence-electron chi connectivity index (χ0n) is 10.8. The molecule has 0 saturated carbocycles. The van der Waals surface area contributed by atoms with Gasteiger partial charge < -0.3 is 20.6 Å². The Labute approximate surface area is 111 Å². The second kappa shape index (κ2) is 5.17. The highest BCUT2D eigenvalue weighted by Gasteiger charge is 2.23. The van der Waals surface area contributed by atoms with Crippen LogP contribution in [0.4, 0.5) is 5.69 Å². The number of aromatic hydroxyl groups is 1. The van der Waals surface area contributed by atoms with E-state index in [-0.39, 0.29) is 23.3 Å². The van der Waals surface area contributed by atoms with Crippen LogP contribution >= 0.6 is 0 Å².